The molecule has 1 aromatic rings. The van der Waals surface area contributed by atoms with Gasteiger partial charge in [0.2, 0.25) is 11.5 Å². The van der Waals surface area contributed by atoms with Crippen LogP contribution >= 0.6 is 0 Å². The number of ether oxygens (including phenoxy) is 4. The molecule has 2 rings (SSSR count). The fraction of sp³-hybridized carbons (Fsp3) is 0.667. The van der Waals surface area contributed by atoms with Crippen molar-refractivity contribution in [2.24, 2.45) is 5.92 Å². The van der Waals surface area contributed by atoms with Gasteiger partial charge < -0.3 is 18.9 Å². The largest absolute Gasteiger partial charge is 0.492 e. The lowest BCUT2D eigenvalue weighted by molar-refractivity contribution is 0.302. The van der Waals surface area contributed by atoms with Crippen molar-refractivity contribution in [2.45, 2.75) is 38.5 Å². The zero-order chi connectivity index (χ0) is 19.3. The number of benzene rings is 1. The highest BCUT2D eigenvalue weighted by molar-refractivity contribution is 7.85. The van der Waals surface area contributed by atoms with Gasteiger partial charge in [0.05, 0.1) is 34.2 Å². The van der Waals surface area contributed by atoms with E-state index in [1.807, 2.05) is 0 Å². The van der Waals surface area contributed by atoms with Gasteiger partial charge in [0.1, 0.15) is 0 Å². The monoisotopic (exact) mass is 388 g/mol. The van der Waals surface area contributed by atoms with Crippen molar-refractivity contribution >= 4 is 10.1 Å². The first-order chi connectivity index (χ1) is 12.4. The molecule has 0 saturated heterocycles. The molecule has 0 radical (unpaired) electrons. The Morgan fingerprint density at radius 1 is 0.846 bits per heavy atom. The van der Waals surface area contributed by atoms with Crippen molar-refractivity contribution in [1.29, 1.82) is 0 Å². The van der Waals surface area contributed by atoms with Crippen LogP contribution in [0.4, 0.5) is 0 Å². The number of rotatable bonds is 8. The van der Waals surface area contributed by atoms with Crippen LogP contribution in [0.2, 0.25) is 0 Å². The lowest BCUT2D eigenvalue weighted by Crippen LogP contribution is -2.07. The van der Waals surface area contributed by atoms with Crippen molar-refractivity contribution in [3.63, 3.8) is 0 Å². The summed E-state index contributed by atoms with van der Waals surface area (Å²) in [4.78, 5) is 0. The van der Waals surface area contributed by atoms with E-state index in [0.717, 1.165) is 43.2 Å². The molecule has 8 heteroatoms. The fourth-order valence-electron chi connectivity index (χ4n) is 3.77. The van der Waals surface area contributed by atoms with Crippen LogP contribution in [-0.4, -0.2) is 47.2 Å². The van der Waals surface area contributed by atoms with Crippen LogP contribution in [0.3, 0.4) is 0 Å². The minimum absolute atomic E-state index is 0.190. The average Bonchev–Trinajstić information content (AvgIpc) is 2.81. The molecule has 0 unspecified atom stereocenters. The molecule has 0 heterocycles. The molecule has 0 atom stereocenters. The third-order valence-electron chi connectivity index (χ3n) is 4.97. The van der Waals surface area contributed by atoms with Crippen LogP contribution < -0.4 is 18.9 Å². The summed E-state index contributed by atoms with van der Waals surface area (Å²) in [5, 5.41) is 0. The number of fused-ring (bicyclic) bond motifs is 1. The minimum atomic E-state index is -3.90. The predicted octanol–water partition coefficient (Wildman–Crippen LogP) is 2.88. The maximum Gasteiger partial charge on any atom is 0.264 e. The van der Waals surface area contributed by atoms with E-state index in [1.165, 1.54) is 0 Å². The van der Waals surface area contributed by atoms with Crippen LogP contribution in [0.5, 0.6) is 23.0 Å². The molecule has 0 bridgehead atoms. The van der Waals surface area contributed by atoms with Gasteiger partial charge in [0.25, 0.3) is 10.1 Å². The molecule has 1 aromatic carbocycles. The van der Waals surface area contributed by atoms with Gasteiger partial charge in [0, 0.05) is 11.1 Å². The van der Waals surface area contributed by atoms with E-state index in [9.17, 15) is 8.42 Å². The van der Waals surface area contributed by atoms with Crippen molar-refractivity contribution in [2.75, 3.05) is 34.2 Å². The Morgan fingerprint density at radius 2 is 1.27 bits per heavy atom. The normalized spacial score (nSPS) is 15.1. The highest BCUT2D eigenvalue weighted by Gasteiger charge is 2.29. The van der Waals surface area contributed by atoms with Gasteiger partial charge in [-0.25, -0.2) is 0 Å². The zero-order valence-corrected chi connectivity index (χ0v) is 16.6. The SMILES string of the molecule is COc1c2c(c(OC)c(OC)c1OC)CCC(CCCS(=O)(=O)O)CC2. The molecule has 0 saturated carbocycles. The molecule has 26 heavy (non-hydrogen) atoms. The Balaban J connectivity index is 2.30. The van der Waals surface area contributed by atoms with Crippen molar-refractivity contribution in [1.82, 2.24) is 0 Å². The van der Waals surface area contributed by atoms with Crippen molar-refractivity contribution in [3.8, 4) is 23.0 Å². The average molecular weight is 388 g/mol. The summed E-state index contributed by atoms with van der Waals surface area (Å²) in [5.41, 5.74) is 2.11. The van der Waals surface area contributed by atoms with E-state index in [1.54, 1.807) is 28.4 Å². The second-order valence-electron chi connectivity index (χ2n) is 6.46. The first kappa shape index (κ1) is 20.6. The second-order valence-corrected chi connectivity index (χ2v) is 8.03. The summed E-state index contributed by atoms with van der Waals surface area (Å²) >= 11 is 0. The molecule has 0 aliphatic heterocycles. The number of hydrogen-bond donors (Lipinski definition) is 1. The Hall–Kier alpha value is -1.67. The van der Waals surface area contributed by atoms with Gasteiger partial charge in [0.15, 0.2) is 11.5 Å². The molecule has 0 fully saturated rings. The molecule has 148 valence electrons. The van der Waals surface area contributed by atoms with Crippen LogP contribution in [0.25, 0.3) is 0 Å². The summed E-state index contributed by atoms with van der Waals surface area (Å²) < 4.78 is 53.0. The molecular weight excluding hydrogens is 360 g/mol. The van der Waals surface area contributed by atoms with Gasteiger partial charge in [-0.1, -0.05) is 0 Å². The topological polar surface area (TPSA) is 91.3 Å². The summed E-state index contributed by atoms with van der Waals surface area (Å²) in [5.74, 6) is 2.56. The summed E-state index contributed by atoms with van der Waals surface area (Å²) in [6.07, 6.45) is 4.60. The zero-order valence-electron chi connectivity index (χ0n) is 15.8. The van der Waals surface area contributed by atoms with Crippen LogP contribution in [0, 0.1) is 5.92 Å². The van der Waals surface area contributed by atoms with Gasteiger partial charge in [-0.05, 0) is 44.4 Å². The molecule has 7 nitrogen and oxygen atoms in total. The Labute approximate surface area is 155 Å². The van der Waals surface area contributed by atoms with E-state index >= 15 is 0 Å². The summed E-state index contributed by atoms with van der Waals surface area (Å²) in [6.45, 7) is 0. The quantitative estimate of drug-likeness (QED) is 0.541. The Morgan fingerprint density at radius 3 is 1.62 bits per heavy atom. The van der Waals surface area contributed by atoms with Gasteiger partial charge in [-0.15, -0.1) is 0 Å². The molecule has 1 aliphatic carbocycles. The third kappa shape index (κ3) is 4.54. The van der Waals surface area contributed by atoms with Crippen molar-refractivity contribution in [3.05, 3.63) is 11.1 Å². The van der Waals surface area contributed by atoms with Gasteiger partial charge >= 0.3 is 0 Å². The second kappa shape index (κ2) is 8.81. The number of hydrogen-bond acceptors (Lipinski definition) is 6. The number of methoxy groups -OCH3 is 4. The van der Waals surface area contributed by atoms with E-state index < -0.39 is 10.1 Å². The van der Waals surface area contributed by atoms with Crippen LogP contribution in [0.1, 0.15) is 36.8 Å². The van der Waals surface area contributed by atoms with E-state index in [2.05, 4.69) is 0 Å². The Kier molecular flexibility index (Phi) is 7.00. The van der Waals surface area contributed by atoms with Crippen molar-refractivity contribution < 1.29 is 31.9 Å². The highest BCUT2D eigenvalue weighted by atomic mass is 32.2. The van der Waals surface area contributed by atoms with E-state index in [0.29, 0.717) is 35.3 Å². The van der Waals surface area contributed by atoms with Gasteiger partial charge in [-0.2, -0.15) is 8.42 Å². The molecule has 1 N–H and O–H groups in total. The minimum Gasteiger partial charge on any atom is -0.492 e. The van der Waals surface area contributed by atoms with Crippen LogP contribution in [-0.2, 0) is 23.0 Å². The summed E-state index contributed by atoms with van der Waals surface area (Å²) in [6, 6.07) is 0. The first-order valence-corrected chi connectivity index (χ1v) is 10.3. The van der Waals surface area contributed by atoms with Crippen LogP contribution in [0.15, 0.2) is 0 Å². The standard InChI is InChI=1S/C18H28O7S/c1-22-15-13-9-7-12(6-5-11-26(19,20)21)8-10-14(13)16(23-2)18(25-4)17(15)24-3/h12H,5-11H2,1-4H3,(H,19,20,21). The molecule has 0 spiro atoms. The maximum atomic E-state index is 10.9. The smallest absolute Gasteiger partial charge is 0.264 e. The maximum absolute atomic E-state index is 10.9. The predicted molar refractivity (Wildman–Crippen MR) is 98.4 cm³/mol. The first-order valence-electron chi connectivity index (χ1n) is 8.69. The van der Waals surface area contributed by atoms with E-state index in [-0.39, 0.29) is 5.75 Å². The molecule has 0 amide bonds. The molecule has 0 aromatic heterocycles. The lowest BCUT2D eigenvalue weighted by atomic mass is 9.95. The molecular formula is C18H28O7S. The van der Waals surface area contributed by atoms with E-state index in [4.69, 9.17) is 23.5 Å². The molecule has 1 aliphatic rings. The van der Waals surface area contributed by atoms with Gasteiger partial charge in [-0.3, -0.25) is 4.55 Å². The highest BCUT2D eigenvalue weighted by Crippen LogP contribution is 2.51. The Bertz CT molecular complexity index is 685. The summed E-state index contributed by atoms with van der Waals surface area (Å²) in [7, 11) is 2.46. The fourth-order valence-corrected chi connectivity index (χ4v) is 4.30. The lowest BCUT2D eigenvalue weighted by Gasteiger charge is -2.21. The third-order valence-corrected chi connectivity index (χ3v) is 5.77.